The SMILES string of the molecule is CCOc1ccc(-c2cc(-c3ccccc3)nc3sc(C(=O)N4c5ccccc5Sc5ccccc54)c(N)c23)cc1OC. The number of rotatable bonds is 6. The molecular weight excluding hydrogens is 575 g/mol. The topological polar surface area (TPSA) is 77.7 Å². The quantitative estimate of drug-likeness (QED) is 0.205. The number of aromatic nitrogens is 1. The second kappa shape index (κ2) is 11.1. The van der Waals surface area contributed by atoms with Gasteiger partial charge in [-0.3, -0.25) is 9.69 Å². The van der Waals surface area contributed by atoms with E-state index in [1.54, 1.807) is 23.8 Å². The molecule has 0 atom stereocenters. The molecule has 0 aliphatic carbocycles. The molecule has 0 saturated carbocycles. The lowest BCUT2D eigenvalue weighted by atomic mass is 9.99. The number of benzene rings is 4. The summed E-state index contributed by atoms with van der Waals surface area (Å²) in [6.07, 6.45) is 0. The van der Waals surface area contributed by atoms with Crippen LogP contribution in [0.15, 0.2) is 113 Å². The fourth-order valence-corrected chi connectivity index (χ4v) is 7.51. The lowest BCUT2D eigenvalue weighted by Gasteiger charge is -2.30. The van der Waals surface area contributed by atoms with Gasteiger partial charge in [0.15, 0.2) is 11.5 Å². The zero-order valence-corrected chi connectivity index (χ0v) is 25.2. The van der Waals surface area contributed by atoms with E-state index in [4.69, 9.17) is 20.2 Å². The molecule has 0 fully saturated rings. The number of pyridine rings is 1. The number of para-hydroxylation sites is 2. The molecular formula is C35H27N3O3S2. The molecule has 0 saturated heterocycles. The van der Waals surface area contributed by atoms with E-state index in [0.29, 0.717) is 33.5 Å². The van der Waals surface area contributed by atoms with Crippen molar-refractivity contribution in [2.45, 2.75) is 16.7 Å². The molecule has 2 aromatic heterocycles. The van der Waals surface area contributed by atoms with Crippen LogP contribution in [-0.2, 0) is 0 Å². The minimum absolute atomic E-state index is 0.183. The third-order valence-electron chi connectivity index (χ3n) is 7.37. The molecule has 1 amide bonds. The van der Waals surface area contributed by atoms with E-state index in [-0.39, 0.29) is 5.91 Å². The van der Waals surface area contributed by atoms with Crippen LogP contribution in [0.1, 0.15) is 16.6 Å². The molecule has 0 bridgehead atoms. The Bertz CT molecular complexity index is 1960. The van der Waals surface area contributed by atoms with Crippen LogP contribution in [0.4, 0.5) is 17.1 Å². The molecule has 43 heavy (non-hydrogen) atoms. The van der Waals surface area contributed by atoms with E-state index in [1.165, 1.54) is 11.3 Å². The van der Waals surface area contributed by atoms with E-state index >= 15 is 0 Å². The summed E-state index contributed by atoms with van der Waals surface area (Å²) in [5.41, 5.74) is 12.5. The number of nitrogens with zero attached hydrogens (tertiary/aromatic N) is 2. The van der Waals surface area contributed by atoms with Crippen molar-refractivity contribution >= 4 is 56.3 Å². The minimum Gasteiger partial charge on any atom is -0.493 e. The number of methoxy groups -OCH3 is 1. The Morgan fingerprint density at radius 2 is 1.51 bits per heavy atom. The van der Waals surface area contributed by atoms with Crippen LogP contribution in [0.25, 0.3) is 32.6 Å². The van der Waals surface area contributed by atoms with Crippen molar-refractivity contribution in [2.24, 2.45) is 0 Å². The maximum atomic E-state index is 14.5. The molecule has 3 heterocycles. The molecule has 0 unspecified atom stereocenters. The Morgan fingerprint density at radius 1 is 0.837 bits per heavy atom. The van der Waals surface area contributed by atoms with Crippen molar-refractivity contribution in [3.8, 4) is 33.9 Å². The Kier molecular flexibility index (Phi) is 7.01. The van der Waals surface area contributed by atoms with E-state index in [9.17, 15) is 4.79 Å². The standard InChI is InChI=1S/C35H27N3O3S2/c1-3-41-27-18-17-22(19-28(27)40-2)23-20-24(21-11-5-4-6-12-21)37-34-31(23)32(36)33(43-34)35(39)38-25-13-7-9-15-29(25)42-30-16-10-8-14-26(30)38/h4-20H,3,36H2,1-2H3. The lowest BCUT2D eigenvalue weighted by molar-refractivity contribution is 0.100. The van der Waals surface area contributed by atoms with E-state index in [1.807, 2.05) is 110 Å². The first-order chi connectivity index (χ1) is 21.1. The van der Waals surface area contributed by atoms with Gasteiger partial charge in [-0.05, 0) is 60.5 Å². The van der Waals surface area contributed by atoms with Crippen LogP contribution in [0.2, 0.25) is 0 Å². The summed E-state index contributed by atoms with van der Waals surface area (Å²) in [4.78, 5) is 24.5. The van der Waals surface area contributed by atoms with Gasteiger partial charge in [0.1, 0.15) is 9.71 Å². The summed E-state index contributed by atoms with van der Waals surface area (Å²) in [7, 11) is 1.63. The maximum absolute atomic E-state index is 14.5. The number of carbonyl (C=O) groups excluding carboxylic acids is 1. The van der Waals surface area contributed by atoms with E-state index in [0.717, 1.165) is 48.9 Å². The molecule has 6 aromatic rings. The normalized spacial score (nSPS) is 12.1. The lowest BCUT2D eigenvalue weighted by Crippen LogP contribution is -2.28. The Balaban J connectivity index is 1.44. The highest BCUT2D eigenvalue weighted by Crippen LogP contribution is 2.50. The first-order valence-electron chi connectivity index (χ1n) is 13.9. The number of thiophene rings is 1. The largest absolute Gasteiger partial charge is 0.493 e. The average molecular weight is 602 g/mol. The van der Waals surface area contributed by atoms with Gasteiger partial charge in [0, 0.05) is 20.7 Å². The van der Waals surface area contributed by atoms with Crippen molar-refractivity contribution in [1.29, 1.82) is 0 Å². The van der Waals surface area contributed by atoms with E-state index < -0.39 is 0 Å². The van der Waals surface area contributed by atoms with Gasteiger partial charge in [-0.2, -0.15) is 0 Å². The fourth-order valence-electron chi connectivity index (χ4n) is 5.40. The molecule has 0 radical (unpaired) electrons. The van der Waals surface area contributed by atoms with Gasteiger partial charge in [-0.25, -0.2) is 4.98 Å². The average Bonchev–Trinajstić information content (AvgIpc) is 3.39. The maximum Gasteiger partial charge on any atom is 0.275 e. The second-order valence-electron chi connectivity index (χ2n) is 9.92. The Labute approximate surface area is 257 Å². The Hall–Kier alpha value is -4.79. The zero-order chi connectivity index (χ0) is 29.5. The first-order valence-corrected chi connectivity index (χ1v) is 15.5. The predicted octanol–water partition coefficient (Wildman–Crippen LogP) is 9.06. The molecule has 1 aliphatic rings. The molecule has 212 valence electrons. The number of nitrogen functional groups attached to an aromatic ring is 1. The van der Waals surface area contributed by atoms with Crippen LogP contribution in [0.5, 0.6) is 11.5 Å². The number of fused-ring (bicyclic) bond motifs is 3. The number of ether oxygens (including phenoxy) is 2. The Morgan fingerprint density at radius 3 is 2.19 bits per heavy atom. The van der Waals surface area contributed by atoms with Crippen molar-refractivity contribution < 1.29 is 14.3 Å². The molecule has 1 aliphatic heterocycles. The zero-order valence-electron chi connectivity index (χ0n) is 23.5. The number of nitrogens with two attached hydrogens (primary N) is 1. The highest BCUT2D eigenvalue weighted by atomic mass is 32.2. The number of anilines is 3. The van der Waals surface area contributed by atoms with Crippen LogP contribution >= 0.6 is 23.1 Å². The predicted molar refractivity (Wildman–Crippen MR) is 176 cm³/mol. The molecule has 8 heteroatoms. The number of amides is 1. The first kappa shape index (κ1) is 27.1. The van der Waals surface area contributed by atoms with Gasteiger partial charge in [-0.15, -0.1) is 11.3 Å². The smallest absolute Gasteiger partial charge is 0.275 e. The van der Waals surface area contributed by atoms with Crippen molar-refractivity contribution in [3.63, 3.8) is 0 Å². The highest BCUT2D eigenvalue weighted by molar-refractivity contribution is 7.99. The van der Waals surface area contributed by atoms with Gasteiger partial charge in [-0.1, -0.05) is 72.4 Å². The summed E-state index contributed by atoms with van der Waals surface area (Å²) in [6, 6.07) is 33.8. The summed E-state index contributed by atoms with van der Waals surface area (Å²) >= 11 is 2.98. The third kappa shape index (κ3) is 4.69. The number of carbonyl (C=O) groups is 1. The summed E-state index contributed by atoms with van der Waals surface area (Å²) in [6.45, 7) is 2.46. The summed E-state index contributed by atoms with van der Waals surface area (Å²) in [5, 5.41) is 0.743. The molecule has 0 spiro atoms. The van der Waals surface area contributed by atoms with E-state index in [2.05, 4.69) is 0 Å². The molecule has 7 rings (SSSR count). The monoisotopic (exact) mass is 601 g/mol. The minimum atomic E-state index is -0.183. The number of hydrogen-bond donors (Lipinski definition) is 1. The van der Waals surface area contributed by atoms with Gasteiger partial charge >= 0.3 is 0 Å². The van der Waals surface area contributed by atoms with Crippen LogP contribution < -0.4 is 20.1 Å². The van der Waals surface area contributed by atoms with Crippen LogP contribution in [0.3, 0.4) is 0 Å². The summed E-state index contributed by atoms with van der Waals surface area (Å²) in [5.74, 6) is 1.10. The van der Waals surface area contributed by atoms with Crippen molar-refractivity contribution in [1.82, 2.24) is 4.98 Å². The van der Waals surface area contributed by atoms with Crippen LogP contribution in [-0.4, -0.2) is 24.6 Å². The van der Waals surface area contributed by atoms with Gasteiger partial charge in [0.25, 0.3) is 5.91 Å². The van der Waals surface area contributed by atoms with Gasteiger partial charge in [0.2, 0.25) is 0 Å². The molecule has 4 aromatic carbocycles. The molecule has 2 N–H and O–H groups in total. The number of hydrogen-bond acceptors (Lipinski definition) is 7. The highest BCUT2D eigenvalue weighted by Gasteiger charge is 2.32. The fraction of sp³-hybridized carbons (Fsp3) is 0.0857. The second-order valence-corrected chi connectivity index (χ2v) is 12.0. The van der Waals surface area contributed by atoms with Gasteiger partial charge in [0.05, 0.1) is 36.5 Å². The van der Waals surface area contributed by atoms with Crippen LogP contribution in [0, 0.1) is 0 Å². The van der Waals surface area contributed by atoms with Crippen molar-refractivity contribution in [3.05, 3.63) is 108 Å². The van der Waals surface area contributed by atoms with Gasteiger partial charge < -0.3 is 15.2 Å². The molecule has 6 nitrogen and oxygen atoms in total. The summed E-state index contributed by atoms with van der Waals surface area (Å²) < 4.78 is 11.4. The third-order valence-corrected chi connectivity index (χ3v) is 9.59. The van der Waals surface area contributed by atoms with Crippen molar-refractivity contribution in [2.75, 3.05) is 24.4 Å².